The van der Waals surface area contributed by atoms with Crippen LogP contribution < -0.4 is 5.32 Å². The van der Waals surface area contributed by atoms with Gasteiger partial charge in [0, 0.05) is 43.9 Å². The summed E-state index contributed by atoms with van der Waals surface area (Å²) in [6.45, 7) is 5.22. The third-order valence-electron chi connectivity index (χ3n) is 5.80. The number of piperidine rings is 1. The van der Waals surface area contributed by atoms with E-state index in [1.165, 1.54) is 16.4 Å². The van der Waals surface area contributed by atoms with Crippen LogP contribution in [0.2, 0.25) is 0 Å². The van der Waals surface area contributed by atoms with Gasteiger partial charge in [-0.1, -0.05) is 24.6 Å². The van der Waals surface area contributed by atoms with Gasteiger partial charge in [0.25, 0.3) is 11.8 Å². The zero-order valence-electron chi connectivity index (χ0n) is 18.9. The first-order valence-corrected chi connectivity index (χ1v) is 12.4. The van der Waals surface area contributed by atoms with E-state index in [1.54, 1.807) is 48.3 Å². The highest BCUT2D eigenvalue weighted by Crippen LogP contribution is 2.21. The first-order valence-electron chi connectivity index (χ1n) is 10.9. The van der Waals surface area contributed by atoms with E-state index in [4.69, 9.17) is 0 Å². The van der Waals surface area contributed by atoms with Crippen molar-refractivity contribution in [3.63, 3.8) is 0 Å². The molecule has 0 bridgehead atoms. The lowest BCUT2D eigenvalue weighted by atomic mass is 10.1. The summed E-state index contributed by atoms with van der Waals surface area (Å²) in [6, 6.07) is 13.4. The molecule has 2 aromatic carbocycles. The summed E-state index contributed by atoms with van der Waals surface area (Å²) in [6.07, 6.45) is 2.76. The van der Waals surface area contributed by atoms with E-state index >= 15 is 0 Å². The van der Waals surface area contributed by atoms with Crippen LogP contribution in [0, 0.1) is 0 Å². The Kier molecular flexibility index (Phi) is 7.69. The van der Waals surface area contributed by atoms with Crippen molar-refractivity contribution in [3.05, 3.63) is 65.2 Å². The summed E-state index contributed by atoms with van der Waals surface area (Å²) in [4.78, 5) is 26.8. The van der Waals surface area contributed by atoms with Gasteiger partial charge < -0.3 is 10.2 Å². The van der Waals surface area contributed by atoms with E-state index < -0.39 is 10.0 Å². The van der Waals surface area contributed by atoms with Crippen LogP contribution in [0.15, 0.2) is 53.4 Å². The molecule has 172 valence electrons. The molecule has 3 rings (SSSR count). The lowest BCUT2D eigenvalue weighted by Gasteiger charge is -2.26. The largest absolute Gasteiger partial charge is 0.348 e. The third kappa shape index (κ3) is 5.55. The molecule has 0 saturated carbocycles. The van der Waals surface area contributed by atoms with Gasteiger partial charge in [-0.15, -0.1) is 0 Å². The molecule has 0 radical (unpaired) electrons. The number of nitrogens with zero attached hydrogens (tertiary/aromatic N) is 2. The van der Waals surface area contributed by atoms with E-state index in [2.05, 4.69) is 5.32 Å². The molecule has 8 heteroatoms. The van der Waals surface area contributed by atoms with Gasteiger partial charge in [-0.2, -0.15) is 4.31 Å². The van der Waals surface area contributed by atoms with E-state index in [0.29, 0.717) is 24.2 Å². The summed E-state index contributed by atoms with van der Waals surface area (Å²) >= 11 is 0. The summed E-state index contributed by atoms with van der Waals surface area (Å²) in [5, 5.41) is 2.82. The van der Waals surface area contributed by atoms with Crippen LogP contribution >= 0.6 is 0 Å². The number of benzene rings is 2. The number of hydrogen-bond acceptors (Lipinski definition) is 4. The molecule has 0 atom stereocenters. The van der Waals surface area contributed by atoms with Gasteiger partial charge in [-0.25, -0.2) is 8.42 Å². The van der Waals surface area contributed by atoms with Crippen molar-refractivity contribution in [2.45, 2.75) is 50.6 Å². The minimum Gasteiger partial charge on any atom is -0.348 e. The maximum absolute atomic E-state index is 12.9. The fraction of sp³-hybridized carbons (Fsp3) is 0.417. The van der Waals surface area contributed by atoms with Crippen LogP contribution in [0.3, 0.4) is 0 Å². The number of carbonyl (C=O) groups excluding carboxylic acids is 2. The topological polar surface area (TPSA) is 86.8 Å². The van der Waals surface area contributed by atoms with E-state index in [0.717, 1.165) is 24.8 Å². The van der Waals surface area contributed by atoms with Crippen molar-refractivity contribution >= 4 is 21.8 Å². The van der Waals surface area contributed by atoms with Gasteiger partial charge in [0.15, 0.2) is 0 Å². The molecule has 0 aliphatic carbocycles. The van der Waals surface area contributed by atoms with Crippen molar-refractivity contribution in [1.82, 2.24) is 14.5 Å². The zero-order chi connectivity index (χ0) is 23.3. The predicted octanol–water partition coefficient (Wildman–Crippen LogP) is 3.27. The van der Waals surface area contributed by atoms with Gasteiger partial charge in [0.1, 0.15) is 0 Å². The van der Waals surface area contributed by atoms with Crippen LogP contribution in [0.4, 0.5) is 0 Å². The molecule has 0 aromatic heterocycles. The van der Waals surface area contributed by atoms with Crippen LogP contribution in [-0.4, -0.2) is 55.6 Å². The number of nitrogens with one attached hydrogen (secondary N) is 1. The van der Waals surface area contributed by atoms with Gasteiger partial charge in [0.2, 0.25) is 10.0 Å². The lowest BCUT2D eigenvalue weighted by Crippen LogP contribution is -2.35. The van der Waals surface area contributed by atoms with Crippen LogP contribution in [0.5, 0.6) is 0 Å². The molecule has 0 spiro atoms. The second-order valence-corrected chi connectivity index (χ2v) is 10.3. The monoisotopic (exact) mass is 457 g/mol. The van der Waals surface area contributed by atoms with E-state index in [9.17, 15) is 18.0 Å². The number of carbonyl (C=O) groups is 2. The second kappa shape index (κ2) is 10.3. The second-order valence-electron chi connectivity index (χ2n) is 8.38. The Hall–Kier alpha value is -2.71. The molecule has 1 aliphatic rings. The molecule has 1 N–H and O–H groups in total. The standard InChI is InChI=1S/C24H31N3O4S/c1-18(2)26(3)24(29)20-12-10-19(11-13-20)17-25-23(28)21-8-7-9-22(16-21)32(30,31)27-14-5-4-6-15-27/h7-13,16,18H,4-6,14-15,17H2,1-3H3,(H,25,28). The highest BCUT2D eigenvalue weighted by molar-refractivity contribution is 7.89. The number of sulfonamides is 1. The maximum atomic E-state index is 12.9. The van der Waals surface area contributed by atoms with Gasteiger partial charge in [-0.3, -0.25) is 9.59 Å². The highest BCUT2D eigenvalue weighted by Gasteiger charge is 2.26. The Labute approximate surface area is 190 Å². The summed E-state index contributed by atoms with van der Waals surface area (Å²) in [7, 11) is -1.83. The number of hydrogen-bond donors (Lipinski definition) is 1. The first kappa shape index (κ1) is 23.9. The molecule has 1 saturated heterocycles. The SMILES string of the molecule is CC(C)N(C)C(=O)c1ccc(CNC(=O)c2cccc(S(=O)(=O)N3CCCCC3)c2)cc1. The lowest BCUT2D eigenvalue weighted by molar-refractivity contribution is 0.0754. The van der Waals surface area contributed by atoms with Gasteiger partial charge in [-0.05, 0) is 62.6 Å². The molecule has 0 unspecified atom stereocenters. The van der Waals surface area contributed by atoms with Crippen molar-refractivity contribution in [2.75, 3.05) is 20.1 Å². The summed E-state index contributed by atoms with van der Waals surface area (Å²) in [5.41, 5.74) is 1.74. The molecule has 1 fully saturated rings. The van der Waals surface area contributed by atoms with Crippen molar-refractivity contribution in [2.24, 2.45) is 0 Å². The molecular weight excluding hydrogens is 426 g/mol. The van der Waals surface area contributed by atoms with E-state index in [-0.39, 0.29) is 29.3 Å². The molecule has 7 nitrogen and oxygen atoms in total. The highest BCUT2D eigenvalue weighted by atomic mass is 32.2. The van der Waals surface area contributed by atoms with Crippen molar-refractivity contribution < 1.29 is 18.0 Å². The first-order chi connectivity index (χ1) is 15.2. The van der Waals surface area contributed by atoms with Crippen molar-refractivity contribution in [3.8, 4) is 0 Å². The van der Waals surface area contributed by atoms with Crippen LogP contribution in [0.1, 0.15) is 59.4 Å². The fourth-order valence-electron chi connectivity index (χ4n) is 3.54. The normalized spacial score (nSPS) is 14.9. The van der Waals surface area contributed by atoms with Crippen molar-refractivity contribution in [1.29, 1.82) is 0 Å². The van der Waals surface area contributed by atoms with Crippen LogP contribution in [-0.2, 0) is 16.6 Å². The minimum atomic E-state index is -3.59. The Bertz CT molecular complexity index is 1060. The predicted molar refractivity (Wildman–Crippen MR) is 124 cm³/mol. The fourth-order valence-corrected chi connectivity index (χ4v) is 5.10. The molecule has 2 aromatic rings. The average Bonchev–Trinajstić information content (AvgIpc) is 2.82. The zero-order valence-corrected chi connectivity index (χ0v) is 19.7. The van der Waals surface area contributed by atoms with Gasteiger partial charge >= 0.3 is 0 Å². The molecule has 1 aliphatic heterocycles. The average molecular weight is 458 g/mol. The minimum absolute atomic E-state index is 0.0534. The summed E-state index contributed by atoms with van der Waals surface area (Å²) in [5.74, 6) is -0.400. The van der Waals surface area contributed by atoms with Crippen LogP contribution in [0.25, 0.3) is 0 Å². The van der Waals surface area contributed by atoms with Gasteiger partial charge in [0.05, 0.1) is 4.90 Å². The van der Waals surface area contributed by atoms with E-state index in [1.807, 2.05) is 13.8 Å². The number of amides is 2. The molecule has 32 heavy (non-hydrogen) atoms. The quantitative estimate of drug-likeness (QED) is 0.691. The molecule has 1 heterocycles. The Balaban J connectivity index is 1.64. The summed E-state index contributed by atoms with van der Waals surface area (Å²) < 4.78 is 27.3. The Morgan fingerprint density at radius 3 is 2.28 bits per heavy atom. The number of rotatable bonds is 7. The third-order valence-corrected chi connectivity index (χ3v) is 7.69. The molecule has 2 amide bonds. The Morgan fingerprint density at radius 2 is 1.66 bits per heavy atom. The smallest absolute Gasteiger partial charge is 0.253 e. The Morgan fingerprint density at radius 1 is 1.00 bits per heavy atom. The molecular formula is C24H31N3O4S. The maximum Gasteiger partial charge on any atom is 0.253 e.